The van der Waals surface area contributed by atoms with Gasteiger partial charge in [-0.2, -0.15) is 0 Å². The Morgan fingerprint density at radius 3 is 2.31 bits per heavy atom. The number of rotatable bonds is 15. The van der Waals surface area contributed by atoms with Crippen LogP contribution in [0.4, 0.5) is 10.5 Å². The molecule has 0 saturated carbocycles. The van der Waals surface area contributed by atoms with Crippen molar-refractivity contribution in [1.29, 1.82) is 0 Å². The van der Waals surface area contributed by atoms with Gasteiger partial charge in [-0.05, 0) is 58.1 Å². The minimum Gasteiger partial charge on any atom is -0.443 e. The van der Waals surface area contributed by atoms with Gasteiger partial charge in [0.2, 0.25) is 5.91 Å². The van der Waals surface area contributed by atoms with Crippen molar-refractivity contribution in [1.82, 2.24) is 9.55 Å². The molecule has 6 nitrogen and oxygen atoms in total. The lowest BCUT2D eigenvalue weighted by molar-refractivity contribution is 0.0579. The van der Waals surface area contributed by atoms with E-state index >= 15 is 0 Å². The van der Waals surface area contributed by atoms with E-state index in [4.69, 9.17) is 4.74 Å². The predicted octanol–water partition coefficient (Wildman–Crippen LogP) is 7.98. The lowest BCUT2D eigenvalue weighted by Gasteiger charge is -2.29. The van der Waals surface area contributed by atoms with Gasteiger partial charge in [-0.3, -0.25) is 14.3 Å². The fourth-order valence-corrected chi connectivity index (χ4v) is 4.03. The van der Waals surface area contributed by atoms with Gasteiger partial charge in [-0.15, -0.1) is 0 Å². The molecular weight excluding hydrogens is 450 g/mol. The number of unbranched alkanes of at least 4 members (excludes halogenated alkanes) is 8. The first-order valence-corrected chi connectivity index (χ1v) is 13.6. The van der Waals surface area contributed by atoms with Crippen LogP contribution in [0.2, 0.25) is 0 Å². The molecule has 1 amide bonds. The van der Waals surface area contributed by atoms with Crippen LogP contribution in [0.1, 0.15) is 102 Å². The molecule has 2 rings (SSSR count). The quantitative estimate of drug-likeness (QED) is 0.185. The first-order chi connectivity index (χ1) is 17.3. The standard InChI is InChI=1S/C30H45N3O3/c1-5-6-7-8-9-10-11-12-13-14-15-18-22-33(29(35)36-30(2,3)4)27-20-17-16-19-26(27)24-28(34)32-23-21-31-25-32/h13-14,16-17,19-21,23,25H,5-12,15,18,22,24H2,1-4H3/b14-13+. The second-order valence-electron chi connectivity index (χ2n) is 10.3. The Balaban J connectivity index is 1.95. The maximum Gasteiger partial charge on any atom is 0.414 e. The fraction of sp³-hybridized carbons (Fsp3) is 0.567. The van der Waals surface area contributed by atoms with Gasteiger partial charge in [0, 0.05) is 18.9 Å². The lowest BCUT2D eigenvalue weighted by atomic mass is 10.1. The third-order valence-corrected chi connectivity index (χ3v) is 5.92. The highest BCUT2D eigenvalue weighted by Gasteiger charge is 2.25. The van der Waals surface area contributed by atoms with E-state index in [-0.39, 0.29) is 12.3 Å². The SMILES string of the molecule is CCCCCCCCC/C=C/CCCN(C(=O)OC(C)(C)C)c1ccccc1CC(=O)n1ccnc1. The van der Waals surface area contributed by atoms with Crippen molar-refractivity contribution in [2.45, 2.75) is 104 Å². The Morgan fingerprint density at radius 1 is 0.972 bits per heavy atom. The maximum absolute atomic E-state index is 13.1. The summed E-state index contributed by atoms with van der Waals surface area (Å²) in [6.07, 6.45) is 21.0. The molecule has 0 unspecified atom stereocenters. The molecule has 0 N–H and O–H groups in total. The van der Waals surface area contributed by atoms with Crippen molar-refractivity contribution < 1.29 is 14.3 Å². The first kappa shape index (κ1) is 29.3. The number of hydrogen-bond acceptors (Lipinski definition) is 4. The summed E-state index contributed by atoms with van der Waals surface area (Å²) in [5.41, 5.74) is 0.900. The number of benzene rings is 1. The largest absolute Gasteiger partial charge is 0.443 e. The van der Waals surface area contributed by atoms with E-state index in [1.54, 1.807) is 17.3 Å². The number of imidazole rings is 1. The summed E-state index contributed by atoms with van der Waals surface area (Å²) in [5, 5.41) is 0. The van der Waals surface area contributed by atoms with Gasteiger partial charge in [0.1, 0.15) is 11.9 Å². The smallest absolute Gasteiger partial charge is 0.414 e. The zero-order chi connectivity index (χ0) is 26.2. The summed E-state index contributed by atoms with van der Waals surface area (Å²) in [7, 11) is 0. The Morgan fingerprint density at radius 2 is 1.64 bits per heavy atom. The summed E-state index contributed by atoms with van der Waals surface area (Å²) in [5.74, 6) is -0.0996. The molecular formula is C30H45N3O3. The van der Waals surface area contributed by atoms with Gasteiger partial charge in [0.25, 0.3) is 0 Å². The number of carbonyl (C=O) groups is 2. The zero-order valence-electron chi connectivity index (χ0n) is 22.7. The molecule has 0 saturated heterocycles. The third kappa shape index (κ3) is 11.2. The molecule has 0 radical (unpaired) electrons. The molecule has 1 aromatic carbocycles. The zero-order valence-corrected chi connectivity index (χ0v) is 22.7. The molecule has 0 aliphatic rings. The third-order valence-electron chi connectivity index (χ3n) is 5.92. The lowest BCUT2D eigenvalue weighted by Crippen LogP contribution is -2.38. The summed E-state index contributed by atoms with van der Waals surface area (Å²) < 4.78 is 7.18. The van der Waals surface area contributed by atoms with Crippen LogP contribution >= 0.6 is 0 Å². The topological polar surface area (TPSA) is 64.4 Å². The first-order valence-electron chi connectivity index (χ1n) is 13.6. The molecule has 198 valence electrons. The van der Waals surface area contributed by atoms with Crippen LogP contribution in [0.25, 0.3) is 0 Å². The number of aromatic nitrogens is 2. The second-order valence-corrected chi connectivity index (χ2v) is 10.3. The van der Waals surface area contributed by atoms with Crippen LogP contribution in [0.3, 0.4) is 0 Å². The van der Waals surface area contributed by atoms with E-state index in [0.29, 0.717) is 12.2 Å². The summed E-state index contributed by atoms with van der Waals surface area (Å²) in [6.45, 7) is 8.37. The van der Waals surface area contributed by atoms with Gasteiger partial charge >= 0.3 is 6.09 Å². The fourth-order valence-electron chi connectivity index (χ4n) is 4.03. The van der Waals surface area contributed by atoms with Crippen LogP contribution < -0.4 is 4.90 Å². The molecule has 0 bridgehead atoms. The average Bonchev–Trinajstić information content (AvgIpc) is 3.37. The number of para-hydroxylation sites is 1. The van der Waals surface area contributed by atoms with Crippen LogP contribution in [-0.2, 0) is 11.2 Å². The van der Waals surface area contributed by atoms with E-state index in [9.17, 15) is 9.59 Å². The normalized spacial score (nSPS) is 11.7. The van der Waals surface area contributed by atoms with Crippen molar-refractivity contribution in [3.8, 4) is 0 Å². The summed E-state index contributed by atoms with van der Waals surface area (Å²) >= 11 is 0. The Kier molecular flexibility index (Phi) is 13.0. The number of ether oxygens (including phenoxy) is 1. The second kappa shape index (κ2) is 16.0. The van der Waals surface area contributed by atoms with E-state index in [1.807, 2.05) is 45.0 Å². The van der Waals surface area contributed by atoms with Crippen LogP contribution in [0.5, 0.6) is 0 Å². The molecule has 0 aliphatic heterocycles. The maximum atomic E-state index is 13.1. The van der Waals surface area contributed by atoms with Gasteiger partial charge in [-0.1, -0.05) is 75.8 Å². The van der Waals surface area contributed by atoms with E-state index in [0.717, 1.165) is 24.8 Å². The minimum atomic E-state index is -0.604. The molecule has 36 heavy (non-hydrogen) atoms. The molecule has 1 heterocycles. The number of carbonyl (C=O) groups excluding carboxylic acids is 2. The van der Waals surface area contributed by atoms with Gasteiger partial charge in [0.05, 0.1) is 12.1 Å². The van der Waals surface area contributed by atoms with Crippen LogP contribution in [0.15, 0.2) is 55.1 Å². The molecule has 0 fully saturated rings. The number of nitrogens with zero attached hydrogens (tertiary/aromatic N) is 3. The molecule has 0 aliphatic carbocycles. The van der Waals surface area contributed by atoms with E-state index < -0.39 is 11.7 Å². The minimum absolute atomic E-state index is 0.0996. The van der Waals surface area contributed by atoms with Crippen LogP contribution in [-0.4, -0.2) is 33.7 Å². The van der Waals surface area contributed by atoms with Gasteiger partial charge in [0.15, 0.2) is 0 Å². The monoisotopic (exact) mass is 495 g/mol. The number of hydrogen-bond donors (Lipinski definition) is 0. The van der Waals surface area contributed by atoms with Crippen LogP contribution in [0, 0.1) is 0 Å². The highest BCUT2D eigenvalue weighted by Crippen LogP contribution is 2.24. The van der Waals surface area contributed by atoms with E-state index in [2.05, 4.69) is 24.1 Å². The number of allylic oxidation sites excluding steroid dienone is 2. The van der Waals surface area contributed by atoms with Crippen molar-refractivity contribution in [3.63, 3.8) is 0 Å². The average molecular weight is 496 g/mol. The highest BCUT2D eigenvalue weighted by molar-refractivity contribution is 5.91. The Labute approximate surface area is 217 Å². The van der Waals surface area contributed by atoms with Crippen molar-refractivity contribution in [3.05, 3.63) is 60.7 Å². The number of amides is 1. The van der Waals surface area contributed by atoms with Crippen molar-refractivity contribution >= 4 is 17.7 Å². The molecule has 2 aromatic rings. The number of anilines is 1. The van der Waals surface area contributed by atoms with Crippen molar-refractivity contribution in [2.75, 3.05) is 11.4 Å². The highest BCUT2D eigenvalue weighted by atomic mass is 16.6. The van der Waals surface area contributed by atoms with Crippen molar-refractivity contribution in [2.24, 2.45) is 0 Å². The molecule has 0 atom stereocenters. The molecule has 6 heteroatoms. The summed E-state index contributed by atoms with van der Waals surface area (Å²) in [4.78, 5) is 31.5. The molecule has 0 spiro atoms. The van der Waals surface area contributed by atoms with E-state index in [1.165, 1.54) is 55.8 Å². The Hall–Kier alpha value is -2.89. The van der Waals surface area contributed by atoms with Gasteiger partial charge in [-0.25, -0.2) is 9.78 Å². The van der Waals surface area contributed by atoms with Gasteiger partial charge < -0.3 is 4.74 Å². The predicted molar refractivity (Wildman–Crippen MR) is 148 cm³/mol. The summed E-state index contributed by atoms with van der Waals surface area (Å²) in [6, 6.07) is 7.56. The Bertz CT molecular complexity index is 929. The molecule has 1 aromatic heterocycles.